The summed E-state index contributed by atoms with van der Waals surface area (Å²) in [6.45, 7) is 6.00. The molecule has 5 heteroatoms. The van der Waals surface area contributed by atoms with Crippen LogP contribution < -0.4 is 0 Å². The van der Waals surface area contributed by atoms with Gasteiger partial charge in [-0.3, -0.25) is 0 Å². The molecule has 84 valence electrons. The minimum atomic E-state index is -3.20. The molecule has 0 spiro atoms. The second-order valence-corrected chi connectivity index (χ2v) is 7.44. The Balaban J connectivity index is 2.76. The van der Waals surface area contributed by atoms with Crippen molar-refractivity contribution in [3.8, 4) is 0 Å². The highest BCUT2D eigenvalue weighted by molar-refractivity contribution is 7.90. The number of aliphatic hydroxyl groups is 1. The first kappa shape index (κ1) is 11.9. The first-order valence-corrected chi connectivity index (χ1v) is 6.37. The van der Waals surface area contributed by atoms with E-state index in [1.54, 1.807) is 20.8 Å². The Kier molecular flexibility index (Phi) is 3.23. The predicted octanol–water partition coefficient (Wildman–Crippen LogP) is 0.571. The molecule has 0 bridgehead atoms. The van der Waals surface area contributed by atoms with E-state index < -0.39 is 14.8 Å². The number of piperidine rings is 1. The molecule has 1 aliphatic rings. The lowest BCUT2D eigenvalue weighted by molar-refractivity contribution is 0.112. The summed E-state index contributed by atoms with van der Waals surface area (Å²) < 4.78 is 24.7. The van der Waals surface area contributed by atoms with Crippen molar-refractivity contribution in [2.75, 3.05) is 13.1 Å². The Bertz CT molecular complexity index is 284. The summed E-state index contributed by atoms with van der Waals surface area (Å²) in [7, 11) is -3.20. The van der Waals surface area contributed by atoms with Gasteiger partial charge in [-0.15, -0.1) is 0 Å². The van der Waals surface area contributed by atoms with Gasteiger partial charge < -0.3 is 5.11 Å². The Morgan fingerprint density at radius 3 is 2.00 bits per heavy atom. The standard InChI is InChI=1S/C9H19NO3S/c1-9(2,3)14(12,13)10-6-4-8(11)5-7-10/h8,11H,4-7H2,1-3H3. The van der Waals surface area contributed by atoms with E-state index in [9.17, 15) is 13.5 Å². The second kappa shape index (κ2) is 3.79. The number of hydrogen-bond acceptors (Lipinski definition) is 3. The van der Waals surface area contributed by atoms with Crippen LogP contribution in [0.3, 0.4) is 0 Å². The maximum Gasteiger partial charge on any atom is 0.219 e. The third-order valence-electron chi connectivity index (χ3n) is 2.54. The van der Waals surface area contributed by atoms with Gasteiger partial charge >= 0.3 is 0 Å². The lowest BCUT2D eigenvalue weighted by Gasteiger charge is -2.33. The highest BCUT2D eigenvalue weighted by Crippen LogP contribution is 2.23. The van der Waals surface area contributed by atoms with Gasteiger partial charge in [0.15, 0.2) is 0 Å². The molecule has 0 aliphatic carbocycles. The lowest BCUT2D eigenvalue weighted by atomic mass is 10.1. The van der Waals surface area contributed by atoms with Gasteiger partial charge in [-0.05, 0) is 33.6 Å². The zero-order valence-corrected chi connectivity index (χ0v) is 9.84. The van der Waals surface area contributed by atoms with Crippen molar-refractivity contribution < 1.29 is 13.5 Å². The maximum atomic E-state index is 12.0. The summed E-state index contributed by atoms with van der Waals surface area (Å²) in [5, 5.41) is 9.27. The highest BCUT2D eigenvalue weighted by Gasteiger charge is 2.36. The van der Waals surface area contributed by atoms with E-state index in [0.29, 0.717) is 25.9 Å². The van der Waals surface area contributed by atoms with E-state index >= 15 is 0 Å². The SMILES string of the molecule is CC(C)(C)S(=O)(=O)N1CCC(O)CC1. The van der Waals surface area contributed by atoms with Gasteiger partial charge in [-0.1, -0.05) is 0 Å². The van der Waals surface area contributed by atoms with Crippen LogP contribution in [0.15, 0.2) is 0 Å². The second-order valence-electron chi connectivity index (χ2n) is 4.75. The maximum absolute atomic E-state index is 12.0. The molecular weight excluding hydrogens is 202 g/mol. The molecule has 0 aromatic heterocycles. The topological polar surface area (TPSA) is 57.6 Å². The first-order valence-electron chi connectivity index (χ1n) is 4.93. The quantitative estimate of drug-likeness (QED) is 0.704. The van der Waals surface area contributed by atoms with E-state index in [1.807, 2.05) is 0 Å². The predicted molar refractivity (Wildman–Crippen MR) is 55.5 cm³/mol. The molecule has 0 radical (unpaired) electrons. The summed E-state index contributed by atoms with van der Waals surface area (Å²) in [6, 6.07) is 0. The van der Waals surface area contributed by atoms with E-state index in [2.05, 4.69) is 0 Å². The molecule has 1 saturated heterocycles. The van der Waals surface area contributed by atoms with E-state index in [1.165, 1.54) is 4.31 Å². The number of hydrogen-bond donors (Lipinski definition) is 1. The molecule has 0 saturated carbocycles. The van der Waals surface area contributed by atoms with Crippen LogP contribution >= 0.6 is 0 Å². The Hall–Kier alpha value is -0.130. The molecule has 14 heavy (non-hydrogen) atoms. The van der Waals surface area contributed by atoms with Gasteiger partial charge in [0.1, 0.15) is 0 Å². The third kappa shape index (κ3) is 2.27. The fraction of sp³-hybridized carbons (Fsp3) is 1.00. The molecule has 1 heterocycles. The number of rotatable bonds is 1. The number of sulfonamides is 1. The average molecular weight is 221 g/mol. The number of aliphatic hydroxyl groups excluding tert-OH is 1. The van der Waals surface area contributed by atoms with Crippen LogP contribution in [-0.2, 0) is 10.0 Å². The molecule has 0 amide bonds. The van der Waals surface area contributed by atoms with Gasteiger partial charge in [0.2, 0.25) is 10.0 Å². The van der Waals surface area contributed by atoms with Crippen LogP contribution in [0.4, 0.5) is 0 Å². The molecule has 1 aliphatic heterocycles. The third-order valence-corrected chi connectivity index (χ3v) is 5.13. The van der Waals surface area contributed by atoms with Crippen molar-refractivity contribution in [3.63, 3.8) is 0 Å². The monoisotopic (exact) mass is 221 g/mol. The molecule has 1 rings (SSSR count). The average Bonchev–Trinajstić information content (AvgIpc) is 2.03. The number of nitrogens with zero attached hydrogens (tertiary/aromatic N) is 1. The van der Waals surface area contributed by atoms with Crippen LogP contribution in [0, 0.1) is 0 Å². The molecular formula is C9H19NO3S. The van der Waals surface area contributed by atoms with Crippen molar-refractivity contribution >= 4 is 10.0 Å². The van der Waals surface area contributed by atoms with Crippen molar-refractivity contribution in [2.45, 2.75) is 44.5 Å². The highest BCUT2D eigenvalue weighted by atomic mass is 32.2. The summed E-state index contributed by atoms with van der Waals surface area (Å²) in [5.74, 6) is 0. The van der Waals surface area contributed by atoms with Crippen LogP contribution in [0.1, 0.15) is 33.6 Å². The van der Waals surface area contributed by atoms with E-state index in [-0.39, 0.29) is 6.10 Å². The minimum absolute atomic E-state index is 0.332. The molecule has 1 N–H and O–H groups in total. The Morgan fingerprint density at radius 2 is 1.64 bits per heavy atom. The zero-order valence-electron chi connectivity index (χ0n) is 9.02. The fourth-order valence-electron chi connectivity index (χ4n) is 1.47. The lowest BCUT2D eigenvalue weighted by Crippen LogP contribution is -2.47. The van der Waals surface area contributed by atoms with Crippen LogP contribution in [0.2, 0.25) is 0 Å². The normalized spacial score (nSPS) is 22.6. The zero-order chi connectivity index (χ0) is 11.0. The van der Waals surface area contributed by atoms with Crippen LogP contribution in [0.5, 0.6) is 0 Å². The van der Waals surface area contributed by atoms with Crippen molar-refractivity contribution in [3.05, 3.63) is 0 Å². The summed E-state index contributed by atoms with van der Waals surface area (Å²) >= 11 is 0. The minimum Gasteiger partial charge on any atom is -0.393 e. The van der Waals surface area contributed by atoms with Gasteiger partial charge in [0.25, 0.3) is 0 Å². The summed E-state index contributed by atoms with van der Waals surface area (Å²) in [4.78, 5) is 0. The van der Waals surface area contributed by atoms with Crippen LogP contribution in [0.25, 0.3) is 0 Å². The smallest absolute Gasteiger partial charge is 0.219 e. The fourth-order valence-corrected chi connectivity index (χ4v) is 2.94. The van der Waals surface area contributed by atoms with Crippen molar-refractivity contribution in [1.82, 2.24) is 4.31 Å². The van der Waals surface area contributed by atoms with E-state index in [4.69, 9.17) is 0 Å². The van der Waals surface area contributed by atoms with Crippen molar-refractivity contribution in [2.24, 2.45) is 0 Å². The molecule has 0 atom stereocenters. The molecule has 4 nitrogen and oxygen atoms in total. The largest absolute Gasteiger partial charge is 0.393 e. The summed E-state index contributed by atoms with van der Waals surface area (Å²) in [6.07, 6.45) is 0.770. The van der Waals surface area contributed by atoms with Gasteiger partial charge in [0.05, 0.1) is 10.9 Å². The van der Waals surface area contributed by atoms with Gasteiger partial charge in [0, 0.05) is 13.1 Å². The molecule has 0 aromatic carbocycles. The molecule has 0 aromatic rings. The van der Waals surface area contributed by atoms with E-state index in [0.717, 1.165) is 0 Å². The Labute approximate surface area is 86.0 Å². The molecule has 0 unspecified atom stereocenters. The van der Waals surface area contributed by atoms with Gasteiger partial charge in [-0.25, -0.2) is 12.7 Å². The van der Waals surface area contributed by atoms with Crippen molar-refractivity contribution in [1.29, 1.82) is 0 Å². The Morgan fingerprint density at radius 1 is 1.21 bits per heavy atom. The first-order chi connectivity index (χ1) is 6.25. The molecule has 1 fully saturated rings. The summed E-state index contributed by atoms with van der Waals surface area (Å²) in [5.41, 5.74) is 0. The van der Waals surface area contributed by atoms with Gasteiger partial charge in [-0.2, -0.15) is 0 Å². The van der Waals surface area contributed by atoms with Crippen LogP contribution in [-0.4, -0.2) is 41.8 Å².